The highest BCUT2D eigenvalue weighted by atomic mass is 15.1. The van der Waals surface area contributed by atoms with E-state index in [-0.39, 0.29) is 6.04 Å². The van der Waals surface area contributed by atoms with E-state index in [2.05, 4.69) is 53.6 Å². The van der Waals surface area contributed by atoms with Crippen molar-refractivity contribution in [3.63, 3.8) is 0 Å². The number of hydrogen-bond acceptors (Lipinski definition) is 2. The van der Waals surface area contributed by atoms with Crippen LogP contribution in [0, 0.1) is 6.92 Å². The zero-order valence-electron chi connectivity index (χ0n) is 10.4. The van der Waals surface area contributed by atoms with Gasteiger partial charge in [-0.1, -0.05) is 36.8 Å². The molecule has 2 aromatic rings. The molecule has 0 saturated carbocycles. The van der Waals surface area contributed by atoms with Gasteiger partial charge in [0.05, 0.1) is 11.7 Å². The van der Waals surface area contributed by atoms with Gasteiger partial charge in [0.15, 0.2) is 0 Å². The van der Waals surface area contributed by atoms with E-state index in [4.69, 9.17) is 0 Å². The van der Waals surface area contributed by atoms with Crippen molar-refractivity contribution in [2.24, 2.45) is 0 Å². The molecule has 1 aromatic carbocycles. The summed E-state index contributed by atoms with van der Waals surface area (Å²) < 4.78 is 0. The minimum atomic E-state index is 0.207. The summed E-state index contributed by atoms with van der Waals surface area (Å²) in [4.78, 5) is 0. The predicted molar refractivity (Wildman–Crippen MR) is 69.9 cm³/mol. The number of nitrogens with one attached hydrogen (secondary N) is 2. The summed E-state index contributed by atoms with van der Waals surface area (Å²) in [6.07, 6.45) is 2.92. The highest BCUT2D eigenvalue weighted by Crippen LogP contribution is 2.20. The average Bonchev–Trinajstić information content (AvgIpc) is 2.85. The van der Waals surface area contributed by atoms with Gasteiger partial charge in [-0.05, 0) is 31.5 Å². The van der Waals surface area contributed by atoms with Crippen LogP contribution in [0.4, 0.5) is 0 Å². The molecule has 0 fully saturated rings. The number of aromatic amines is 1. The van der Waals surface area contributed by atoms with Crippen molar-refractivity contribution in [3.05, 3.63) is 53.3 Å². The first-order valence-corrected chi connectivity index (χ1v) is 6.10. The van der Waals surface area contributed by atoms with E-state index < -0.39 is 0 Å². The van der Waals surface area contributed by atoms with Crippen molar-refractivity contribution < 1.29 is 0 Å². The Balaban J connectivity index is 2.23. The summed E-state index contributed by atoms with van der Waals surface area (Å²) in [6, 6.07) is 10.9. The Morgan fingerprint density at radius 3 is 2.59 bits per heavy atom. The smallest absolute Gasteiger partial charge is 0.0745 e. The lowest BCUT2D eigenvalue weighted by Gasteiger charge is -2.17. The molecule has 0 amide bonds. The maximum atomic E-state index is 4.03. The summed E-state index contributed by atoms with van der Waals surface area (Å²) in [5, 5.41) is 10.6. The van der Waals surface area contributed by atoms with Crippen LogP contribution in [0.25, 0.3) is 0 Å². The van der Waals surface area contributed by atoms with Crippen LogP contribution in [0.3, 0.4) is 0 Å². The second kappa shape index (κ2) is 5.64. The molecule has 0 bridgehead atoms. The van der Waals surface area contributed by atoms with Crippen molar-refractivity contribution in [1.82, 2.24) is 15.5 Å². The molecule has 90 valence electrons. The van der Waals surface area contributed by atoms with Crippen LogP contribution in [0.5, 0.6) is 0 Å². The maximum absolute atomic E-state index is 4.03. The van der Waals surface area contributed by atoms with E-state index in [9.17, 15) is 0 Å². The molecule has 0 aliphatic carbocycles. The molecule has 2 N–H and O–H groups in total. The second-order valence-electron chi connectivity index (χ2n) is 4.31. The van der Waals surface area contributed by atoms with Gasteiger partial charge in [-0.2, -0.15) is 5.10 Å². The van der Waals surface area contributed by atoms with Crippen LogP contribution in [0.2, 0.25) is 0 Å². The average molecular weight is 229 g/mol. The van der Waals surface area contributed by atoms with Crippen molar-refractivity contribution in [2.45, 2.75) is 26.3 Å². The van der Waals surface area contributed by atoms with Gasteiger partial charge < -0.3 is 5.32 Å². The van der Waals surface area contributed by atoms with Gasteiger partial charge in [0.2, 0.25) is 0 Å². The van der Waals surface area contributed by atoms with Crippen molar-refractivity contribution >= 4 is 0 Å². The lowest BCUT2D eigenvalue weighted by Crippen LogP contribution is -2.23. The lowest BCUT2D eigenvalue weighted by atomic mass is 10.0. The fourth-order valence-electron chi connectivity index (χ4n) is 1.88. The molecular weight excluding hydrogens is 210 g/mol. The molecule has 0 aliphatic rings. The Kier molecular flexibility index (Phi) is 3.94. The van der Waals surface area contributed by atoms with Crippen LogP contribution in [-0.2, 0) is 0 Å². The van der Waals surface area contributed by atoms with Crippen LogP contribution in [0.1, 0.15) is 36.2 Å². The second-order valence-corrected chi connectivity index (χ2v) is 4.31. The summed E-state index contributed by atoms with van der Waals surface area (Å²) in [5.41, 5.74) is 3.67. The van der Waals surface area contributed by atoms with E-state index in [1.165, 1.54) is 11.1 Å². The Morgan fingerprint density at radius 2 is 2.00 bits per heavy atom. The summed E-state index contributed by atoms with van der Waals surface area (Å²) in [7, 11) is 0. The first-order chi connectivity index (χ1) is 8.31. The normalized spacial score (nSPS) is 12.6. The topological polar surface area (TPSA) is 40.7 Å². The predicted octanol–water partition coefficient (Wildman–Crippen LogP) is 2.81. The Labute approximate surface area is 102 Å². The third-order valence-electron chi connectivity index (χ3n) is 2.84. The number of H-pyrrole nitrogens is 1. The van der Waals surface area contributed by atoms with E-state index in [1.807, 2.05) is 6.07 Å². The number of hydrogen-bond donors (Lipinski definition) is 2. The van der Waals surface area contributed by atoms with E-state index in [1.54, 1.807) is 6.20 Å². The highest BCUT2D eigenvalue weighted by molar-refractivity contribution is 5.29. The molecule has 3 nitrogen and oxygen atoms in total. The number of benzene rings is 1. The van der Waals surface area contributed by atoms with Gasteiger partial charge in [0.25, 0.3) is 0 Å². The summed E-state index contributed by atoms with van der Waals surface area (Å²) >= 11 is 0. The minimum absolute atomic E-state index is 0.207. The lowest BCUT2D eigenvalue weighted by molar-refractivity contribution is 0.585. The number of nitrogens with zero attached hydrogens (tertiary/aromatic N) is 1. The summed E-state index contributed by atoms with van der Waals surface area (Å²) in [6.45, 7) is 5.28. The number of rotatable bonds is 5. The first-order valence-electron chi connectivity index (χ1n) is 6.10. The molecule has 0 saturated heterocycles. The third-order valence-corrected chi connectivity index (χ3v) is 2.84. The standard InChI is InChI=1S/C14H19N3/c1-3-9-15-14(13-8-10-16-17-13)12-6-4-11(2)5-7-12/h4-8,10,14-15H,3,9H2,1-2H3,(H,16,17). The van der Waals surface area contributed by atoms with Crippen LogP contribution in [-0.4, -0.2) is 16.7 Å². The van der Waals surface area contributed by atoms with Crippen molar-refractivity contribution in [3.8, 4) is 0 Å². The van der Waals surface area contributed by atoms with E-state index in [0.29, 0.717) is 0 Å². The SMILES string of the molecule is CCCNC(c1ccc(C)cc1)c1ccn[nH]1. The Hall–Kier alpha value is -1.61. The van der Waals surface area contributed by atoms with Gasteiger partial charge in [0.1, 0.15) is 0 Å². The van der Waals surface area contributed by atoms with E-state index in [0.717, 1.165) is 18.7 Å². The highest BCUT2D eigenvalue weighted by Gasteiger charge is 2.13. The van der Waals surface area contributed by atoms with Gasteiger partial charge in [-0.25, -0.2) is 0 Å². The largest absolute Gasteiger partial charge is 0.305 e. The van der Waals surface area contributed by atoms with Crippen LogP contribution >= 0.6 is 0 Å². The van der Waals surface area contributed by atoms with Gasteiger partial charge in [-0.15, -0.1) is 0 Å². The molecule has 0 aliphatic heterocycles. The fourth-order valence-corrected chi connectivity index (χ4v) is 1.88. The molecule has 1 aromatic heterocycles. The molecule has 2 rings (SSSR count). The molecule has 1 unspecified atom stereocenters. The van der Waals surface area contributed by atoms with E-state index >= 15 is 0 Å². The van der Waals surface area contributed by atoms with Gasteiger partial charge in [-0.3, -0.25) is 5.10 Å². The zero-order chi connectivity index (χ0) is 12.1. The van der Waals surface area contributed by atoms with Gasteiger partial charge in [0, 0.05) is 6.20 Å². The molecule has 0 spiro atoms. The quantitative estimate of drug-likeness (QED) is 0.827. The Bertz CT molecular complexity index is 431. The van der Waals surface area contributed by atoms with Crippen LogP contribution < -0.4 is 5.32 Å². The van der Waals surface area contributed by atoms with Crippen molar-refractivity contribution in [2.75, 3.05) is 6.54 Å². The molecule has 1 atom stereocenters. The molecular formula is C14H19N3. The fraction of sp³-hybridized carbons (Fsp3) is 0.357. The number of aryl methyl sites for hydroxylation is 1. The van der Waals surface area contributed by atoms with Gasteiger partial charge >= 0.3 is 0 Å². The summed E-state index contributed by atoms with van der Waals surface area (Å²) in [5.74, 6) is 0. The maximum Gasteiger partial charge on any atom is 0.0745 e. The minimum Gasteiger partial charge on any atom is -0.305 e. The van der Waals surface area contributed by atoms with Crippen molar-refractivity contribution in [1.29, 1.82) is 0 Å². The molecule has 3 heteroatoms. The molecule has 17 heavy (non-hydrogen) atoms. The molecule has 0 radical (unpaired) electrons. The molecule has 1 heterocycles. The number of aromatic nitrogens is 2. The Morgan fingerprint density at radius 1 is 1.24 bits per heavy atom. The zero-order valence-corrected chi connectivity index (χ0v) is 10.4. The van der Waals surface area contributed by atoms with Crippen LogP contribution in [0.15, 0.2) is 36.5 Å². The first kappa shape index (κ1) is 11.9. The monoisotopic (exact) mass is 229 g/mol. The third kappa shape index (κ3) is 2.94.